The van der Waals surface area contributed by atoms with E-state index in [2.05, 4.69) is 5.32 Å². The molecule has 2 rings (SSSR count). The van der Waals surface area contributed by atoms with Crippen LogP contribution in [0.4, 0.5) is 10.1 Å². The lowest BCUT2D eigenvalue weighted by molar-refractivity contribution is 0.427. The molecule has 3 heteroatoms. The molecule has 0 bridgehead atoms. The lowest BCUT2D eigenvalue weighted by atomic mass is 10.2. The molecule has 0 amide bonds. The molecule has 2 aromatic rings. The lowest BCUT2D eigenvalue weighted by Gasteiger charge is -2.08. The van der Waals surface area contributed by atoms with Gasteiger partial charge in [-0.15, -0.1) is 0 Å². The number of halogens is 1. The van der Waals surface area contributed by atoms with Crippen LogP contribution in [0.5, 0.6) is 5.75 Å². The third-order valence-electron chi connectivity index (χ3n) is 2.33. The lowest BCUT2D eigenvalue weighted by Crippen LogP contribution is -1.99. The number of benzene rings is 2. The first-order chi connectivity index (χ1) is 7.77. The van der Waals surface area contributed by atoms with Crippen molar-refractivity contribution in [1.82, 2.24) is 0 Å². The molecule has 0 aliphatic rings. The van der Waals surface area contributed by atoms with E-state index in [9.17, 15) is 9.50 Å². The molecule has 2 N–H and O–H groups in total. The zero-order valence-corrected chi connectivity index (χ0v) is 8.65. The van der Waals surface area contributed by atoms with Gasteiger partial charge in [-0.1, -0.05) is 30.3 Å². The van der Waals surface area contributed by atoms with Gasteiger partial charge in [0.1, 0.15) is 0 Å². The van der Waals surface area contributed by atoms with Crippen LogP contribution >= 0.6 is 0 Å². The minimum absolute atomic E-state index is 0.286. The Hall–Kier alpha value is -2.03. The van der Waals surface area contributed by atoms with Gasteiger partial charge in [0.2, 0.25) is 0 Å². The summed E-state index contributed by atoms with van der Waals surface area (Å²) in [5, 5.41) is 12.6. The highest BCUT2D eigenvalue weighted by Crippen LogP contribution is 2.21. The molecule has 0 aliphatic carbocycles. The number of anilines is 1. The second-order valence-electron chi connectivity index (χ2n) is 3.47. The molecule has 0 heterocycles. The highest BCUT2D eigenvalue weighted by atomic mass is 19.1. The van der Waals surface area contributed by atoms with Crippen molar-refractivity contribution in [2.45, 2.75) is 6.54 Å². The van der Waals surface area contributed by atoms with Crippen molar-refractivity contribution >= 4 is 5.69 Å². The fourth-order valence-corrected chi connectivity index (χ4v) is 1.46. The van der Waals surface area contributed by atoms with Crippen LogP contribution in [0.2, 0.25) is 0 Å². The molecule has 0 aromatic heterocycles. The number of hydrogen-bond donors (Lipinski definition) is 2. The zero-order valence-electron chi connectivity index (χ0n) is 8.65. The van der Waals surface area contributed by atoms with Gasteiger partial charge in [0.25, 0.3) is 0 Å². The molecule has 0 fully saturated rings. The van der Waals surface area contributed by atoms with Crippen LogP contribution in [-0.4, -0.2) is 5.11 Å². The largest absolute Gasteiger partial charge is 0.505 e. The Kier molecular flexibility index (Phi) is 3.05. The summed E-state index contributed by atoms with van der Waals surface area (Å²) < 4.78 is 13.0. The van der Waals surface area contributed by atoms with E-state index >= 15 is 0 Å². The molecular formula is C13H12FNO. The van der Waals surface area contributed by atoms with Gasteiger partial charge in [0.05, 0.1) is 0 Å². The predicted molar refractivity (Wildman–Crippen MR) is 61.8 cm³/mol. The summed E-state index contributed by atoms with van der Waals surface area (Å²) in [6.07, 6.45) is 0. The number of phenols is 1. The molecule has 2 aromatic carbocycles. The van der Waals surface area contributed by atoms with Gasteiger partial charge in [-0.25, -0.2) is 4.39 Å². The molecule has 2 nitrogen and oxygen atoms in total. The first-order valence-electron chi connectivity index (χ1n) is 5.02. The van der Waals surface area contributed by atoms with Crippen molar-refractivity contribution in [3.63, 3.8) is 0 Å². The van der Waals surface area contributed by atoms with Crippen LogP contribution in [0.3, 0.4) is 0 Å². The third-order valence-corrected chi connectivity index (χ3v) is 2.33. The molecular weight excluding hydrogens is 205 g/mol. The minimum atomic E-state index is -0.590. The molecule has 0 atom stereocenters. The molecule has 82 valence electrons. The van der Waals surface area contributed by atoms with Gasteiger partial charge < -0.3 is 10.4 Å². The maximum Gasteiger partial charge on any atom is 0.165 e. The molecule has 0 aliphatic heterocycles. The summed E-state index contributed by atoms with van der Waals surface area (Å²) in [5.41, 5.74) is 1.48. The predicted octanol–water partition coefficient (Wildman–Crippen LogP) is 3.14. The third kappa shape index (κ3) is 2.31. The molecule has 0 spiro atoms. The highest BCUT2D eigenvalue weighted by Gasteiger charge is 2.05. The summed E-state index contributed by atoms with van der Waals surface area (Å²) >= 11 is 0. The monoisotopic (exact) mass is 217 g/mol. The van der Waals surface area contributed by atoms with Crippen LogP contribution in [0.15, 0.2) is 48.5 Å². The molecule has 0 radical (unpaired) electrons. The standard InChI is InChI=1S/C13H12FNO/c14-12-8-4-5-10(13(12)16)9-15-11-6-2-1-3-7-11/h1-8,15-16H,9H2. The van der Waals surface area contributed by atoms with Crippen LogP contribution in [-0.2, 0) is 6.54 Å². The Morgan fingerprint density at radius 3 is 2.50 bits per heavy atom. The molecule has 0 saturated carbocycles. The van der Waals surface area contributed by atoms with E-state index in [-0.39, 0.29) is 5.75 Å². The first-order valence-corrected chi connectivity index (χ1v) is 5.02. The van der Waals surface area contributed by atoms with Gasteiger partial charge in [-0.2, -0.15) is 0 Å². The van der Waals surface area contributed by atoms with Crippen molar-refractivity contribution in [3.8, 4) is 5.75 Å². The van der Waals surface area contributed by atoms with E-state index in [1.807, 2.05) is 30.3 Å². The van der Waals surface area contributed by atoms with Crippen molar-refractivity contribution in [1.29, 1.82) is 0 Å². The zero-order chi connectivity index (χ0) is 11.4. The summed E-state index contributed by atoms with van der Waals surface area (Å²) in [7, 11) is 0. The quantitative estimate of drug-likeness (QED) is 0.827. The van der Waals surface area contributed by atoms with E-state index < -0.39 is 5.82 Å². The number of nitrogens with one attached hydrogen (secondary N) is 1. The maximum atomic E-state index is 13.0. The van der Waals surface area contributed by atoms with Gasteiger partial charge >= 0.3 is 0 Å². The number of phenolic OH excluding ortho intramolecular Hbond substituents is 1. The Balaban J connectivity index is 2.08. The van der Waals surface area contributed by atoms with Crippen molar-refractivity contribution in [2.24, 2.45) is 0 Å². The minimum Gasteiger partial charge on any atom is -0.505 e. The highest BCUT2D eigenvalue weighted by molar-refractivity contribution is 5.44. The average molecular weight is 217 g/mol. The second-order valence-corrected chi connectivity index (χ2v) is 3.47. The Morgan fingerprint density at radius 2 is 1.75 bits per heavy atom. The summed E-state index contributed by atoms with van der Waals surface area (Å²) in [5.74, 6) is -0.877. The normalized spacial score (nSPS) is 10.1. The number of para-hydroxylation sites is 2. The van der Waals surface area contributed by atoms with Gasteiger partial charge in [0, 0.05) is 17.8 Å². The fourth-order valence-electron chi connectivity index (χ4n) is 1.46. The van der Waals surface area contributed by atoms with Crippen LogP contribution in [0.1, 0.15) is 5.56 Å². The maximum absolute atomic E-state index is 13.0. The average Bonchev–Trinajstić information content (AvgIpc) is 2.32. The van der Waals surface area contributed by atoms with Crippen LogP contribution < -0.4 is 5.32 Å². The van der Waals surface area contributed by atoms with E-state index in [4.69, 9.17) is 0 Å². The van der Waals surface area contributed by atoms with Crippen molar-refractivity contribution in [3.05, 3.63) is 59.9 Å². The van der Waals surface area contributed by atoms with Crippen molar-refractivity contribution < 1.29 is 9.50 Å². The SMILES string of the molecule is Oc1c(F)cccc1CNc1ccccc1. The van der Waals surface area contributed by atoms with Gasteiger partial charge in [-0.3, -0.25) is 0 Å². The van der Waals surface area contributed by atoms with Crippen LogP contribution in [0.25, 0.3) is 0 Å². The van der Waals surface area contributed by atoms with Crippen molar-refractivity contribution in [2.75, 3.05) is 5.32 Å². The smallest absolute Gasteiger partial charge is 0.165 e. The number of hydrogen-bond acceptors (Lipinski definition) is 2. The molecule has 16 heavy (non-hydrogen) atoms. The second kappa shape index (κ2) is 4.66. The number of aromatic hydroxyl groups is 1. The Labute approximate surface area is 93.4 Å². The van der Waals surface area contributed by atoms with Gasteiger partial charge in [-0.05, 0) is 18.2 Å². The summed E-state index contributed by atoms with van der Waals surface area (Å²) in [6, 6.07) is 14.1. The van der Waals surface area contributed by atoms with E-state index in [1.165, 1.54) is 6.07 Å². The van der Waals surface area contributed by atoms with Crippen LogP contribution in [0, 0.1) is 5.82 Å². The van der Waals surface area contributed by atoms with E-state index in [0.717, 1.165) is 5.69 Å². The van der Waals surface area contributed by atoms with E-state index in [1.54, 1.807) is 12.1 Å². The molecule has 0 saturated heterocycles. The van der Waals surface area contributed by atoms with Gasteiger partial charge in [0.15, 0.2) is 11.6 Å². The molecule has 0 unspecified atom stereocenters. The summed E-state index contributed by atoms with van der Waals surface area (Å²) in [4.78, 5) is 0. The Morgan fingerprint density at radius 1 is 1.00 bits per heavy atom. The Bertz CT molecular complexity index is 471. The number of rotatable bonds is 3. The fraction of sp³-hybridized carbons (Fsp3) is 0.0769. The first kappa shape index (κ1) is 10.5. The summed E-state index contributed by atoms with van der Waals surface area (Å²) in [6.45, 7) is 0.396. The van der Waals surface area contributed by atoms with E-state index in [0.29, 0.717) is 12.1 Å². The topological polar surface area (TPSA) is 32.3 Å².